The zero-order chi connectivity index (χ0) is 12.3. The normalized spacial score (nSPS) is 10.4. The predicted octanol–water partition coefficient (Wildman–Crippen LogP) is 2.55. The second kappa shape index (κ2) is 5.01. The molecule has 1 aromatic heterocycles. The summed E-state index contributed by atoms with van der Waals surface area (Å²) in [5.41, 5.74) is 0.901. The highest BCUT2D eigenvalue weighted by Crippen LogP contribution is 2.18. The van der Waals surface area contributed by atoms with Gasteiger partial charge in [-0.25, -0.2) is 4.98 Å². The molecule has 0 aliphatic carbocycles. The van der Waals surface area contributed by atoms with Crippen LogP contribution in [0.4, 0.5) is 0 Å². The van der Waals surface area contributed by atoms with Gasteiger partial charge in [-0.15, -0.1) is 0 Å². The molecular formula is C12H10ClNO3. The van der Waals surface area contributed by atoms with Gasteiger partial charge in [-0.05, 0) is 11.6 Å². The maximum absolute atomic E-state index is 10.5. The highest BCUT2D eigenvalue weighted by molar-refractivity contribution is 6.31. The van der Waals surface area contributed by atoms with Crippen LogP contribution in [0.25, 0.3) is 0 Å². The molecule has 1 heterocycles. The molecule has 1 aromatic carbocycles. The number of aliphatic carboxylic acids is 1. The molecule has 2 rings (SSSR count). The summed E-state index contributed by atoms with van der Waals surface area (Å²) in [7, 11) is 0. The molecule has 0 fully saturated rings. The van der Waals surface area contributed by atoms with E-state index < -0.39 is 5.97 Å². The fourth-order valence-corrected chi connectivity index (χ4v) is 1.67. The van der Waals surface area contributed by atoms with Crippen molar-refractivity contribution in [2.45, 2.75) is 12.8 Å². The first kappa shape index (κ1) is 11.7. The molecule has 0 spiro atoms. The first-order chi connectivity index (χ1) is 8.15. The van der Waals surface area contributed by atoms with Gasteiger partial charge >= 0.3 is 5.97 Å². The molecule has 1 N–H and O–H groups in total. The van der Waals surface area contributed by atoms with Crippen LogP contribution in [-0.4, -0.2) is 16.1 Å². The standard InChI is InChI=1S/C12H10ClNO3/c13-10-4-2-1-3-8(10)5-11-14-7-9(17-11)6-12(15)16/h1-4,7H,5-6H2,(H,15,16). The van der Waals surface area contributed by atoms with E-state index in [4.69, 9.17) is 21.1 Å². The van der Waals surface area contributed by atoms with Gasteiger partial charge in [-0.3, -0.25) is 4.79 Å². The number of carbonyl (C=O) groups is 1. The number of oxazole rings is 1. The fraction of sp³-hybridized carbons (Fsp3) is 0.167. The van der Waals surface area contributed by atoms with Crippen LogP contribution in [0.15, 0.2) is 34.9 Å². The van der Waals surface area contributed by atoms with Crippen molar-refractivity contribution in [3.05, 3.63) is 52.7 Å². The Morgan fingerprint density at radius 2 is 2.18 bits per heavy atom. The molecule has 0 radical (unpaired) electrons. The predicted molar refractivity (Wildman–Crippen MR) is 62.1 cm³/mol. The van der Waals surface area contributed by atoms with Crippen LogP contribution in [0.2, 0.25) is 5.02 Å². The minimum absolute atomic E-state index is 0.157. The maximum atomic E-state index is 10.5. The van der Waals surface area contributed by atoms with E-state index in [1.807, 2.05) is 18.2 Å². The Kier molecular flexibility index (Phi) is 3.44. The van der Waals surface area contributed by atoms with Gasteiger partial charge in [0.25, 0.3) is 0 Å². The van der Waals surface area contributed by atoms with Crippen molar-refractivity contribution in [2.24, 2.45) is 0 Å². The number of benzene rings is 1. The van der Waals surface area contributed by atoms with E-state index >= 15 is 0 Å². The molecule has 2 aromatic rings. The highest BCUT2D eigenvalue weighted by atomic mass is 35.5. The summed E-state index contributed by atoms with van der Waals surface area (Å²) in [4.78, 5) is 14.5. The minimum Gasteiger partial charge on any atom is -0.481 e. The average molecular weight is 252 g/mol. The Bertz CT molecular complexity index is 536. The van der Waals surface area contributed by atoms with Crippen molar-refractivity contribution >= 4 is 17.6 Å². The zero-order valence-corrected chi connectivity index (χ0v) is 9.65. The molecular weight excluding hydrogens is 242 g/mol. The van der Waals surface area contributed by atoms with Gasteiger partial charge in [-0.2, -0.15) is 0 Å². The van der Waals surface area contributed by atoms with Crippen molar-refractivity contribution < 1.29 is 14.3 Å². The van der Waals surface area contributed by atoms with Crippen molar-refractivity contribution in [1.29, 1.82) is 0 Å². The van der Waals surface area contributed by atoms with E-state index in [1.54, 1.807) is 6.07 Å². The summed E-state index contributed by atoms with van der Waals surface area (Å²) >= 11 is 6.00. The number of carboxylic acid groups (broad SMARTS) is 1. The number of carboxylic acids is 1. The smallest absolute Gasteiger partial charge is 0.311 e. The van der Waals surface area contributed by atoms with Crippen LogP contribution in [0.5, 0.6) is 0 Å². The summed E-state index contributed by atoms with van der Waals surface area (Å²) in [6.07, 6.45) is 1.73. The quantitative estimate of drug-likeness (QED) is 0.907. The van der Waals surface area contributed by atoms with Gasteiger partial charge in [0, 0.05) is 5.02 Å². The van der Waals surface area contributed by atoms with Gasteiger partial charge in [-0.1, -0.05) is 29.8 Å². The monoisotopic (exact) mass is 251 g/mol. The van der Waals surface area contributed by atoms with Crippen LogP contribution in [0.1, 0.15) is 17.2 Å². The number of rotatable bonds is 4. The average Bonchev–Trinajstić information content (AvgIpc) is 2.68. The van der Waals surface area contributed by atoms with Crippen LogP contribution >= 0.6 is 11.6 Å². The Labute approximate surface area is 103 Å². The molecule has 0 saturated carbocycles. The molecule has 0 amide bonds. The summed E-state index contributed by atoms with van der Waals surface area (Å²) in [6, 6.07) is 7.39. The summed E-state index contributed by atoms with van der Waals surface area (Å²) < 4.78 is 5.30. The lowest BCUT2D eigenvalue weighted by atomic mass is 10.1. The second-order valence-electron chi connectivity index (χ2n) is 3.56. The van der Waals surface area contributed by atoms with E-state index in [2.05, 4.69) is 4.98 Å². The van der Waals surface area contributed by atoms with E-state index in [0.717, 1.165) is 5.56 Å². The fourth-order valence-electron chi connectivity index (χ4n) is 1.47. The third kappa shape index (κ3) is 3.07. The van der Waals surface area contributed by atoms with Crippen molar-refractivity contribution in [2.75, 3.05) is 0 Å². The Hall–Kier alpha value is -1.81. The van der Waals surface area contributed by atoms with Crippen LogP contribution in [0.3, 0.4) is 0 Å². The molecule has 0 aliphatic rings. The summed E-state index contributed by atoms with van der Waals surface area (Å²) in [5.74, 6) is -0.126. The number of nitrogens with zero attached hydrogens (tertiary/aromatic N) is 1. The lowest BCUT2D eigenvalue weighted by Gasteiger charge is -1.99. The number of aromatic nitrogens is 1. The molecule has 0 atom stereocenters. The molecule has 4 nitrogen and oxygen atoms in total. The maximum Gasteiger partial charge on any atom is 0.311 e. The summed E-state index contributed by atoms with van der Waals surface area (Å²) in [5, 5.41) is 9.25. The molecule has 0 saturated heterocycles. The Balaban J connectivity index is 2.12. The topological polar surface area (TPSA) is 63.3 Å². The van der Waals surface area contributed by atoms with Gasteiger partial charge in [0.1, 0.15) is 12.2 Å². The Morgan fingerprint density at radius 1 is 1.41 bits per heavy atom. The van der Waals surface area contributed by atoms with Crippen LogP contribution in [-0.2, 0) is 17.6 Å². The van der Waals surface area contributed by atoms with E-state index in [9.17, 15) is 4.79 Å². The van der Waals surface area contributed by atoms with Crippen molar-refractivity contribution in [3.8, 4) is 0 Å². The third-order valence-electron chi connectivity index (χ3n) is 2.23. The van der Waals surface area contributed by atoms with E-state index in [-0.39, 0.29) is 6.42 Å². The number of hydrogen-bond acceptors (Lipinski definition) is 3. The van der Waals surface area contributed by atoms with Crippen LogP contribution in [0, 0.1) is 0 Å². The highest BCUT2D eigenvalue weighted by Gasteiger charge is 2.09. The molecule has 5 heteroatoms. The van der Waals surface area contributed by atoms with Crippen LogP contribution < -0.4 is 0 Å². The number of halogens is 1. The largest absolute Gasteiger partial charge is 0.481 e. The van der Waals surface area contributed by atoms with Crippen molar-refractivity contribution in [1.82, 2.24) is 4.98 Å². The molecule has 0 bridgehead atoms. The van der Waals surface area contributed by atoms with E-state index in [1.165, 1.54) is 6.20 Å². The third-order valence-corrected chi connectivity index (χ3v) is 2.60. The van der Waals surface area contributed by atoms with Gasteiger partial charge < -0.3 is 9.52 Å². The SMILES string of the molecule is O=C(O)Cc1cnc(Cc2ccccc2Cl)o1. The first-order valence-electron chi connectivity index (χ1n) is 5.04. The molecule has 0 unspecified atom stereocenters. The van der Waals surface area contributed by atoms with Gasteiger partial charge in [0.2, 0.25) is 0 Å². The molecule has 0 aliphatic heterocycles. The minimum atomic E-state index is -0.939. The zero-order valence-electron chi connectivity index (χ0n) is 8.89. The lowest BCUT2D eigenvalue weighted by molar-refractivity contribution is -0.136. The number of hydrogen-bond donors (Lipinski definition) is 1. The second-order valence-corrected chi connectivity index (χ2v) is 3.97. The molecule has 88 valence electrons. The van der Waals surface area contributed by atoms with Crippen molar-refractivity contribution in [3.63, 3.8) is 0 Å². The Morgan fingerprint density at radius 3 is 2.88 bits per heavy atom. The molecule has 17 heavy (non-hydrogen) atoms. The van der Waals surface area contributed by atoms with E-state index in [0.29, 0.717) is 23.1 Å². The van der Waals surface area contributed by atoms with Gasteiger partial charge in [0.15, 0.2) is 5.89 Å². The lowest BCUT2D eigenvalue weighted by Crippen LogP contribution is -1.98. The summed E-state index contributed by atoms with van der Waals surface area (Å²) in [6.45, 7) is 0. The first-order valence-corrected chi connectivity index (χ1v) is 5.41. The van der Waals surface area contributed by atoms with Gasteiger partial charge in [0.05, 0.1) is 12.6 Å².